The van der Waals surface area contributed by atoms with Crippen molar-refractivity contribution in [1.29, 1.82) is 0 Å². The summed E-state index contributed by atoms with van der Waals surface area (Å²) in [5, 5.41) is 1.80. The zero-order valence-corrected chi connectivity index (χ0v) is 19.0. The minimum absolute atomic E-state index is 0.150. The van der Waals surface area contributed by atoms with Gasteiger partial charge in [0, 0.05) is 26.2 Å². The number of anilines is 1. The molecule has 0 aromatic heterocycles. The summed E-state index contributed by atoms with van der Waals surface area (Å²) in [5.41, 5.74) is 0.993. The van der Waals surface area contributed by atoms with Crippen molar-refractivity contribution in [2.45, 2.75) is 17.9 Å². The number of benzene rings is 3. The summed E-state index contributed by atoms with van der Waals surface area (Å²) in [6.07, 6.45) is 0. The van der Waals surface area contributed by atoms with Crippen LogP contribution in [0, 0.1) is 0 Å². The van der Waals surface area contributed by atoms with Gasteiger partial charge in [-0.15, -0.1) is 0 Å². The Labute approximate surface area is 188 Å². The number of rotatable bonds is 6. The molecule has 7 nitrogen and oxygen atoms in total. The Morgan fingerprint density at radius 1 is 0.938 bits per heavy atom. The minimum Gasteiger partial charge on any atom is -0.495 e. The molecule has 0 saturated carbocycles. The monoisotopic (exact) mass is 453 g/mol. The van der Waals surface area contributed by atoms with Crippen LogP contribution in [0.4, 0.5) is 5.69 Å². The van der Waals surface area contributed by atoms with Crippen LogP contribution in [-0.4, -0.2) is 58.6 Å². The third-order valence-corrected chi connectivity index (χ3v) is 7.29. The third-order valence-electron chi connectivity index (χ3n) is 5.75. The molecule has 0 radical (unpaired) electrons. The molecule has 1 aliphatic heterocycles. The zero-order chi connectivity index (χ0) is 22.7. The van der Waals surface area contributed by atoms with Gasteiger partial charge in [-0.25, -0.2) is 8.42 Å². The maximum absolute atomic E-state index is 12.9. The predicted molar refractivity (Wildman–Crippen MR) is 126 cm³/mol. The Balaban J connectivity index is 1.40. The first-order valence-electron chi connectivity index (χ1n) is 10.6. The molecule has 1 saturated heterocycles. The molecule has 1 aliphatic rings. The highest BCUT2D eigenvalue weighted by Gasteiger charge is 2.29. The van der Waals surface area contributed by atoms with E-state index in [9.17, 15) is 13.2 Å². The first-order valence-corrected chi connectivity index (χ1v) is 12.1. The van der Waals surface area contributed by atoms with Gasteiger partial charge in [0.05, 0.1) is 23.7 Å². The van der Waals surface area contributed by atoms with Gasteiger partial charge in [0.15, 0.2) is 0 Å². The minimum atomic E-state index is -3.82. The second kappa shape index (κ2) is 9.18. The molecule has 0 unspecified atom stereocenters. The van der Waals surface area contributed by atoms with Gasteiger partial charge in [-0.05, 0) is 42.0 Å². The number of fused-ring (bicyclic) bond motifs is 1. The van der Waals surface area contributed by atoms with Gasteiger partial charge < -0.3 is 14.5 Å². The lowest BCUT2D eigenvalue weighted by atomic mass is 10.1. The van der Waals surface area contributed by atoms with Crippen molar-refractivity contribution in [2.24, 2.45) is 0 Å². The number of sulfonamides is 1. The highest BCUT2D eigenvalue weighted by molar-refractivity contribution is 7.89. The van der Waals surface area contributed by atoms with Crippen molar-refractivity contribution in [3.8, 4) is 5.75 Å². The molecular weight excluding hydrogens is 426 g/mol. The Morgan fingerprint density at radius 3 is 2.31 bits per heavy atom. The standard InChI is InChI=1S/C24H27N3O4S/c1-18(25-32(29,30)21-12-11-19-7-3-4-8-20(19)17-21)24(28)27-15-13-26(14-16-27)22-9-5-6-10-23(22)31-2/h3-12,17-18,25H,13-16H2,1-2H3/t18-/m1/s1. The Morgan fingerprint density at radius 2 is 1.59 bits per heavy atom. The summed E-state index contributed by atoms with van der Waals surface area (Å²) in [5.74, 6) is 0.567. The van der Waals surface area contributed by atoms with Gasteiger partial charge in [0.25, 0.3) is 0 Å². The molecule has 1 heterocycles. The van der Waals surface area contributed by atoms with E-state index in [1.807, 2.05) is 48.5 Å². The van der Waals surface area contributed by atoms with Crippen molar-refractivity contribution in [2.75, 3.05) is 38.2 Å². The van der Waals surface area contributed by atoms with E-state index in [1.54, 1.807) is 37.1 Å². The Bertz CT molecular complexity index is 1220. The number of piperazine rings is 1. The number of hydrogen-bond donors (Lipinski definition) is 1. The summed E-state index contributed by atoms with van der Waals surface area (Å²) in [6.45, 7) is 3.91. The van der Waals surface area contributed by atoms with Crippen LogP contribution in [0.15, 0.2) is 71.6 Å². The molecule has 8 heteroatoms. The molecule has 1 N–H and O–H groups in total. The molecule has 3 aromatic carbocycles. The summed E-state index contributed by atoms with van der Waals surface area (Å²) in [7, 11) is -2.18. The SMILES string of the molecule is COc1ccccc1N1CCN(C(=O)[C@@H](C)NS(=O)(=O)c2ccc3ccccc3c2)CC1. The van der Waals surface area contributed by atoms with Crippen LogP contribution in [0.5, 0.6) is 5.75 Å². The zero-order valence-electron chi connectivity index (χ0n) is 18.2. The normalized spacial score (nSPS) is 15.6. The second-order valence-electron chi connectivity index (χ2n) is 7.84. The number of para-hydroxylation sites is 2. The summed E-state index contributed by atoms with van der Waals surface area (Å²) in [4.78, 5) is 17.0. The maximum Gasteiger partial charge on any atom is 0.241 e. The van der Waals surface area contributed by atoms with E-state index < -0.39 is 16.1 Å². The number of carbonyl (C=O) groups is 1. The second-order valence-corrected chi connectivity index (χ2v) is 9.55. The molecule has 4 rings (SSSR count). The van der Waals surface area contributed by atoms with Gasteiger partial charge in [0.1, 0.15) is 5.75 Å². The highest BCUT2D eigenvalue weighted by atomic mass is 32.2. The van der Waals surface area contributed by atoms with Gasteiger partial charge in [0.2, 0.25) is 15.9 Å². The van der Waals surface area contributed by atoms with Crippen LogP contribution in [0.3, 0.4) is 0 Å². The number of methoxy groups -OCH3 is 1. The van der Waals surface area contributed by atoms with E-state index >= 15 is 0 Å². The largest absolute Gasteiger partial charge is 0.495 e. The van der Waals surface area contributed by atoms with Crippen molar-refractivity contribution >= 4 is 32.4 Å². The Hall–Kier alpha value is -3.10. The maximum atomic E-state index is 12.9. The van der Waals surface area contributed by atoms with Crippen LogP contribution in [-0.2, 0) is 14.8 Å². The molecule has 32 heavy (non-hydrogen) atoms. The van der Waals surface area contributed by atoms with Gasteiger partial charge >= 0.3 is 0 Å². The first kappa shape index (κ1) is 22.1. The van der Waals surface area contributed by atoms with Crippen LogP contribution in [0.2, 0.25) is 0 Å². The lowest BCUT2D eigenvalue weighted by Gasteiger charge is -2.37. The average molecular weight is 454 g/mol. The van der Waals surface area contributed by atoms with E-state index in [4.69, 9.17) is 4.74 Å². The van der Waals surface area contributed by atoms with Crippen molar-refractivity contribution in [1.82, 2.24) is 9.62 Å². The lowest BCUT2D eigenvalue weighted by Crippen LogP contribution is -2.54. The van der Waals surface area contributed by atoms with Crippen molar-refractivity contribution in [3.63, 3.8) is 0 Å². The van der Waals surface area contributed by atoms with E-state index in [2.05, 4.69) is 9.62 Å². The van der Waals surface area contributed by atoms with Crippen LogP contribution >= 0.6 is 0 Å². The topological polar surface area (TPSA) is 79.0 Å². The fraction of sp³-hybridized carbons (Fsp3) is 0.292. The van der Waals surface area contributed by atoms with E-state index in [0.29, 0.717) is 26.2 Å². The number of nitrogens with zero attached hydrogens (tertiary/aromatic N) is 2. The van der Waals surface area contributed by atoms with E-state index in [0.717, 1.165) is 22.2 Å². The molecule has 0 aliphatic carbocycles. The number of carbonyl (C=O) groups excluding carboxylic acids is 1. The summed E-state index contributed by atoms with van der Waals surface area (Å²) >= 11 is 0. The van der Waals surface area contributed by atoms with Crippen molar-refractivity contribution in [3.05, 3.63) is 66.7 Å². The van der Waals surface area contributed by atoms with Crippen molar-refractivity contribution < 1.29 is 17.9 Å². The third kappa shape index (κ3) is 4.56. The lowest BCUT2D eigenvalue weighted by molar-refractivity contribution is -0.132. The fourth-order valence-electron chi connectivity index (χ4n) is 4.02. The van der Waals surface area contributed by atoms with E-state index in [1.165, 1.54) is 0 Å². The smallest absolute Gasteiger partial charge is 0.241 e. The van der Waals surface area contributed by atoms with Gasteiger partial charge in [-0.3, -0.25) is 4.79 Å². The fourth-order valence-corrected chi connectivity index (χ4v) is 5.25. The number of hydrogen-bond acceptors (Lipinski definition) is 5. The Kier molecular flexibility index (Phi) is 6.34. The first-order chi connectivity index (χ1) is 15.4. The summed E-state index contributed by atoms with van der Waals surface area (Å²) in [6, 6.07) is 19.5. The quantitative estimate of drug-likeness (QED) is 0.621. The molecule has 0 bridgehead atoms. The molecule has 168 valence electrons. The van der Waals surface area contributed by atoms with Crippen LogP contribution in [0.1, 0.15) is 6.92 Å². The van der Waals surface area contributed by atoms with Crippen LogP contribution in [0.25, 0.3) is 10.8 Å². The average Bonchev–Trinajstić information content (AvgIpc) is 2.83. The molecule has 3 aromatic rings. The molecule has 1 amide bonds. The molecule has 0 spiro atoms. The van der Waals surface area contributed by atoms with Gasteiger partial charge in [-0.2, -0.15) is 4.72 Å². The predicted octanol–water partition coefficient (Wildman–Crippen LogP) is 2.86. The van der Waals surface area contributed by atoms with Gasteiger partial charge in [-0.1, -0.05) is 42.5 Å². The van der Waals surface area contributed by atoms with E-state index in [-0.39, 0.29) is 10.8 Å². The molecule has 1 fully saturated rings. The number of nitrogens with one attached hydrogen (secondary N) is 1. The van der Waals surface area contributed by atoms with Crippen LogP contribution < -0.4 is 14.4 Å². The molecule has 1 atom stereocenters. The number of ether oxygens (including phenoxy) is 1. The molecular formula is C24H27N3O4S. The number of amides is 1. The summed E-state index contributed by atoms with van der Waals surface area (Å²) < 4.78 is 33.7. The highest BCUT2D eigenvalue weighted by Crippen LogP contribution is 2.28.